The Morgan fingerprint density at radius 3 is 2.71 bits per heavy atom. The lowest BCUT2D eigenvalue weighted by Crippen LogP contribution is -2.43. The molecule has 6 nitrogen and oxygen atoms in total. The molecule has 2 N–H and O–H groups in total. The van der Waals surface area contributed by atoms with Crippen LogP contribution in [0.4, 0.5) is 0 Å². The van der Waals surface area contributed by atoms with Crippen LogP contribution in [0, 0.1) is 0 Å². The fourth-order valence-electron chi connectivity index (χ4n) is 2.23. The van der Waals surface area contributed by atoms with Crippen LogP contribution < -0.4 is 10.6 Å². The normalized spacial score (nSPS) is 23.3. The maximum absolute atomic E-state index is 10.9. The molecule has 0 saturated heterocycles. The number of ether oxygens (including phenoxy) is 1. The van der Waals surface area contributed by atoms with Crippen LogP contribution in [0.3, 0.4) is 0 Å². The first-order valence-corrected chi connectivity index (χ1v) is 10.5. The van der Waals surface area contributed by atoms with Gasteiger partial charge in [-0.05, 0) is 25.5 Å². The quantitative estimate of drug-likeness (QED) is 0.381. The maximum Gasteiger partial charge on any atom is 0.191 e. The van der Waals surface area contributed by atoms with Gasteiger partial charge >= 0.3 is 0 Å². The fourth-order valence-corrected chi connectivity index (χ4v) is 3.44. The molecule has 1 rings (SSSR count). The number of nitrogens with one attached hydrogen (secondary N) is 2. The molecule has 1 aliphatic carbocycles. The molecule has 2 unspecified atom stereocenters. The molecule has 0 aromatic rings. The van der Waals surface area contributed by atoms with Crippen molar-refractivity contribution in [2.24, 2.45) is 4.99 Å². The summed E-state index contributed by atoms with van der Waals surface area (Å²) in [6.45, 7) is 1.32. The third-order valence-electron chi connectivity index (χ3n) is 3.42. The van der Waals surface area contributed by atoms with Gasteiger partial charge in [0, 0.05) is 31.1 Å². The average molecular weight is 338 g/mol. The van der Waals surface area contributed by atoms with Gasteiger partial charge in [-0.15, -0.1) is 0 Å². The van der Waals surface area contributed by atoms with E-state index in [1.54, 1.807) is 7.05 Å². The number of guanidine groups is 1. The highest BCUT2D eigenvalue weighted by molar-refractivity contribution is 7.99. The van der Waals surface area contributed by atoms with Crippen molar-refractivity contribution in [1.29, 1.82) is 0 Å². The largest absolute Gasteiger partial charge is 0.379 e. The SMILES string of the molecule is CN=C(NCCOCCS(C)(=O)=O)NC1CCC(SC)C1. The third kappa shape index (κ3) is 8.53. The molecule has 0 aromatic carbocycles. The van der Waals surface area contributed by atoms with Gasteiger partial charge in [0.15, 0.2) is 5.96 Å². The van der Waals surface area contributed by atoms with Crippen LogP contribution in [0.2, 0.25) is 0 Å². The highest BCUT2D eigenvalue weighted by Crippen LogP contribution is 2.27. The first-order chi connectivity index (χ1) is 9.94. The van der Waals surface area contributed by atoms with Gasteiger partial charge in [0.05, 0.1) is 19.0 Å². The Bertz CT molecular complexity index is 426. The van der Waals surface area contributed by atoms with E-state index in [1.807, 2.05) is 11.8 Å². The van der Waals surface area contributed by atoms with Gasteiger partial charge in [-0.1, -0.05) is 0 Å². The first kappa shape index (κ1) is 18.6. The van der Waals surface area contributed by atoms with E-state index in [0.717, 1.165) is 11.2 Å². The second-order valence-corrected chi connectivity index (χ2v) is 8.65. The first-order valence-electron chi connectivity index (χ1n) is 7.20. The average Bonchev–Trinajstić information content (AvgIpc) is 2.87. The van der Waals surface area contributed by atoms with E-state index >= 15 is 0 Å². The van der Waals surface area contributed by atoms with E-state index in [0.29, 0.717) is 19.2 Å². The smallest absolute Gasteiger partial charge is 0.191 e. The van der Waals surface area contributed by atoms with Gasteiger partial charge in [0.1, 0.15) is 9.84 Å². The Morgan fingerprint density at radius 2 is 2.14 bits per heavy atom. The van der Waals surface area contributed by atoms with Gasteiger partial charge in [-0.25, -0.2) is 8.42 Å². The lowest BCUT2D eigenvalue weighted by atomic mass is 10.2. The molecule has 2 atom stereocenters. The van der Waals surface area contributed by atoms with Crippen LogP contribution in [-0.2, 0) is 14.6 Å². The zero-order valence-electron chi connectivity index (χ0n) is 13.1. The van der Waals surface area contributed by atoms with E-state index < -0.39 is 9.84 Å². The minimum absolute atomic E-state index is 0.0676. The molecule has 1 fully saturated rings. The van der Waals surface area contributed by atoms with Crippen LogP contribution in [0.25, 0.3) is 0 Å². The molecule has 0 heterocycles. The summed E-state index contributed by atoms with van der Waals surface area (Å²) in [6, 6.07) is 0.486. The minimum Gasteiger partial charge on any atom is -0.379 e. The number of nitrogens with zero attached hydrogens (tertiary/aromatic N) is 1. The number of thioether (sulfide) groups is 1. The summed E-state index contributed by atoms with van der Waals surface area (Å²) in [7, 11) is -1.19. The van der Waals surface area contributed by atoms with Crippen LogP contribution in [-0.4, -0.2) is 70.7 Å². The molecular weight excluding hydrogens is 310 g/mol. The van der Waals surface area contributed by atoms with Crippen molar-refractivity contribution < 1.29 is 13.2 Å². The van der Waals surface area contributed by atoms with Gasteiger partial charge in [0.25, 0.3) is 0 Å². The number of rotatable bonds is 8. The lowest BCUT2D eigenvalue weighted by molar-refractivity contribution is 0.154. The summed E-state index contributed by atoms with van der Waals surface area (Å²) in [5, 5.41) is 7.35. The fraction of sp³-hybridized carbons (Fsp3) is 0.923. The van der Waals surface area contributed by atoms with Crippen LogP contribution >= 0.6 is 11.8 Å². The number of hydrogen-bond acceptors (Lipinski definition) is 5. The Hall–Kier alpha value is -0.470. The molecule has 124 valence electrons. The number of sulfone groups is 1. The van der Waals surface area contributed by atoms with E-state index in [9.17, 15) is 8.42 Å². The van der Waals surface area contributed by atoms with Crippen molar-refractivity contribution in [2.75, 3.05) is 45.1 Å². The molecule has 0 aromatic heterocycles. The lowest BCUT2D eigenvalue weighted by Gasteiger charge is -2.17. The molecule has 0 amide bonds. The Morgan fingerprint density at radius 1 is 1.38 bits per heavy atom. The van der Waals surface area contributed by atoms with E-state index in [1.165, 1.54) is 25.5 Å². The maximum atomic E-state index is 10.9. The van der Waals surface area contributed by atoms with Gasteiger partial charge in [0.2, 0.25) is 0 Å². The Balaban J connectivity index is 2.12. The zero-order valence-corrected chi connectivity index (χ0v) is 14.7. The van der Waals surface area contributed by atoms with Gasteiger partial charge in [-0.3, -0.25) is 4.99 Å². The monoisotopic (exact) mass is 337 g/mol. The molecule has 1 aliphatic rings. The summed E-state index contributed by atoms with van der Waals surface area (Å²) in [5.74, 6) is 0.853. The van der Waals surface area contributed by atoms with Crippen LogP contribution in [0.5, 0.6) is 0 Å². The summed E-state index contributed by atoms with van der Waals surface area (Å²) < 4.78 is 27.2. The Labute approximate surface area is 132 Å². The topological polar surface area (TPSA) is 79.8 Å². The number of aliphatic imine (C=N–C) groups is 1. The van der Waals surface area contributed by atoms with Crippen molar-refractivity contribution in [3.05, 3.63) is 0 Å². The van der Waals surface area contributed by atoms with Gasteiger partial charge in [-0.2, -0.15) is 11.8 Å². The highest BCUT2D eigenvalue weighted by atomic mass is 32.2. The summed E-state index contributed by atoms with van der Waals surface area (Å²) in [6.07, 6.45) is 6.98. The molecular formula is C13H27N3O3S2. The van der Waals surface area contributed by atoms with E-state index in [-0.39, 0.29) is 12.4 Å². The third-order valence-corrected chi connectivity index (χ3v) is 5.42. The summed E-state index contributed by atoms with van der Waals surface area (Å²) in [5.41, 5.74) is 0. The predicted octanol–water partition coefficient (Wildman–Crippen LogP) is 0.497. The zero-order chi connectivity index (χ0) is 15.7. The molecule has 1 saturated carbocycles. The number of hydrogen-bond donors (Lipinski definition) is 2. The predicted molar refractivity (Wildman–Crippen MR) is 90.0 cm³/mol. The van der Waals surface area contributed by atoms with E-state index in [2.05, 4.69) is 21.9 Å². The van der Waals surface area contributed by atoms with Gasteiger partial charge < -0.3 is 15.4 Å². The molecule has 21 heavy (non-hydrogen) atoms. The highest BCUT2D eigenvalue weighted by Gasteiger charge is 2.24. The van der Waals surface area contributed by atoms with Crippen molar-refractivity contribution >= 4 is 27.6 Å². The van der Waals surface area contributed by atoms with Crippen LogP contribution in [0.15, 0.2) is 4.99 Å². The van der Waals surface area contributed by atoms with E-state index in [4.69, 9.17) is 4.74 Å². The molecule has 8 heteroatoms. The molecule has 0 spiro atoms. The Kier molecular flexibility index (Phi) is 8.43. The molecule has 0 radical (unpaired) electrons. The van der Waals surface area contributed by atoms with Crippen molar-refractivity contribution in [3.8, 4) is 0 Å². The van der Waals surface area contributed by atoms with Crippen molar-refractivity contribution in [2.45, 2.75) is 30.6 Å². The standard InChI is InChI=1S/C13H27N3O3S2/c1-14-13(16-11-4-5-12(10-11)20-2)15-6-7-19-8-9-21(3,17)18/h11-12H,4-10H2,1-3H3,(H2,14,15,16). The minimum atomic E-state index is -2.94. The van der Waals surface area contributed by atoms with Crippen LogP contribution in [0.1, 0.15) is 19.3 Å². The second-order valence-electron chi connectivity index (χ2n) is 5.25. The molecule has 0 aliphatic heterocycles. The second kappa shape index (κ2) is 9.53. The van der Waals surface area contributed by atoms with Crippen molar-refractivity contribution in [1.82, 2.24) is 10.6 Å². The van der Waals surface area contributed by atoms with Crippen molar-refractivity contribution in [3.63, 3.8) is 0 Å². The molecule has 0 bridgehead atoms. The summed E-state index contributed by atoms with van der Waals surface area (Å²) in [4.78, 5) is 4.20. The summed E-state index contributed by atoms with van der Waals surface area (Å²) >= 11 is 1.93.